The lowest BCUT2D eigenvalue weighted by Gasteiger charge is -2.30. The van der Waals surface area contributed by atoms with Crippen molar-refractivity contribution in [3.05, 3.63) is 45.1 Å². The number of thiocarbonyl (C=S) groups is 1. The smallest absolute Gasteiger partial charge is 0.251 e. The summed E-state index contributed by atoms with van der Waals surface area (Å²) in [6, 6.07) is 4.74. The first-order valence-electron chi connectivity index (χ1n) is 5.89. The van der Waals surface area contributed by atoms with Gasteiger partial charge in [-0.15, -0.1) is 0 Å². The largest absolute Gasteiger partial charge is 0.355 e. The lowest BCUT2D eigenvalue weighted by Crippen LogP contribution is -2.46. The topological polar surface area (TPSA) is 53.2 Å². The molecule has 1 aliphatic heterocycles. The average Bonchev–Trinajstić information content (AvgIpc) is 2.37. The summed E-state index contributed by atoms with van der Waals surface area (Å²) in [5.74, 6) is -0.194. The SMILES string of the molecule is CNC(=O)C1=C(C)NC(=S)N[C@H]1c1ccc(Cl)cc1Cl. The Balaban J connectivity index is 2.54. The molecule has 0 aromatic heterocycles. The van der Waals surface area contributed by atoms with Crippen LogP contribution < -0.4 is 16.0 Å². The molecule has 20 heavy (non-hydrogen) atoms. The quantitative estimate of drug-likeness (QED) is 0.730. The second-order valence-corrected chi connectivity index (χ2v) is 5.57. The van der Waals surface area contributed by atoms with Crippen LogP contribution in [0.25, 0.3) is 0 Å². The van der Waals surface area contributed by atoms with E-state index in [1.54, 1.807) is 32.2 Å². The molecular formula is C13H13Cl2N3OS. The van der Waals surface area contributed by atoms with Crippen molar-refractivity contribution < 1.29 is 4.79 Å². The predicted octanol–water partition coefficient (Wildman–Crippen LogP) is 2.53. The second-order valence-electron chi connectivity index (χ2n) is 4.32. The predicted molar refractivity (Wildman–Crippen MR) is 84.8 cm³/mol. The van der Waals surface area contributed by atoms with Gasteiger partial charge in [0.15, 0.2) is 5.11 Å². The van der Waals surface area contributed by atoms with E-state index in [1.807, 2.05) is 0 Å². The number of carbonyl (C=O) groups excluding carboxylic acids is 1. The Morgan fingerprint density at radius 2 is 2.10 bits per heavy atom. The summed E-state index contributed by atoms with van der Waals surface area (Å²) in [7, 11) is 1.58. The lowest BCUT2D eigenvalue weighted by molar-refractivity contribution is -0.117. The Hall–Kier alpha value is -1.30. The molecule has 0 saturated carbocycles. The van der Waals surface area contributed by atoms with Crippen molar-refractivity contribution in [3.63, 3.8) is 0 Å². The van der Waals surface area contributed by atoms with E-state index in [2.05, 4.69) is 16.0 Å². The maximum absolute atomic E-state index is 12.1. The van der Waals surface area contributed by atoms with Crippen LogP contribution in [0.2, 0.25) is 10.0 Å². The van der Waals surface area contributed by atoms with E-state index >= 15 is 0 Å². The number of hydrogen-bond acceptors (Lipinski definition) is 2. The number of rotatable bonds is 2. The Labute approximate surface area is 132 Å². The summed E-state index contributed by atoms with van der Waals surface area (Å²) in [5, 5.41) is 10.1. The van der Waals surface area contributed by atoms with Crippen LogP contribution in [0.1, 0.15) is 18.5 Å². The summed E-state index contributed by atoms with van der Waals surface area (Å²) < 4.78 is 0. The highest BCUT2D eigenvalue weighted by molar-refractivity contribution is 7.80. The molecule has 0 bridgehead atoms. The normalized spacial score (nSPS) is 18.4. The summed E-state index contributed by atoms with van der Waals surface area (Å²) in [6.07, 6.45) is 0. The van der Waals surface area contributed by atoms with Crippen molar-refractivity contribution in [2.75, 3.05) is 7.05 Å². The molecule has 0 radical (unpaired) electrons. The average molecular weight is 330 g/mol. The first kappa shape index (κ1) is 15.1. The van der Waals surface area contributed by atoms with Crippen LogP contribution in [0.4, 0.5) is 0 Å². The summed E-state index contributed by atoms with van der Waals surface area (Å²) in [6.45, 7) is 1.80. The Morgan fingerprint density at radius 1 is 1.40 bits per heavy atom. The molecule has 3 N–H and O–H groups in total. The van der Waals surface area contributed by atoms with E-state index in [-0.39, 0.29) is 5.91 Å². The molecule has 1 amide bonds. The Kier molecular flexibility index (Phi) is 4.52. The fraction of sp³-hybridized carbons (Fsp3) is 0.231. The standard InChI is InChI=1S/C13H13Cl2N3OS/c1-6-10(12(19)16-2)11(18-13(20)17-6)8-4-3-7(14)5-9(8)15/h3-5,11H,1-2H3,(H,16,19)(H2,17,18,20)/t11-/m0/s1. The number of likely N-dealkylation sites (N-methyl/N-ethyl adjacent to an activating group) is 1. The monoisotopic (exact) mass is 329 g/mol. The van der Waals surface area contributed by atoms with Crippen molar-refractivity contribution in [3.8, 4) is 0 Å². The van der Waals surface area contributed by atoms with E-state index in [0.29, 0.717) is 26.4 Å². The molecule has 1 aromatic carbocycles. The molecule has 1 atom stereocenters. The minimum absolute atomic E-state index is 0.194. The molecule has 0 aliphatic carbocycles. The number of carbonyl (C=O) groups is 1. The van der Waals surface area contributed by atoms with Crippen LogP contribution in [0.5, 0.6) is 0 Å². The van der Waals surface area contributed by atoms with Crippen molar-refractivity contribution >= 4 is 46.4 Å². The molecule has 0 spiro atoms. The second kappa shape index (κ2) is 5.99. The van der Waals surface area contributed by atoms with Crippen LogP contribution in [0.15, 0.2) is 29.5 Å². The van der Waals surface area contributed by atoms with E-state index in [9.17, 15) is 4.79 Å². The summed E-state index contributed by atoms with van der Waals surface area (Å²) in [4.78, 5) is 12.1. The molecule has 1 aromatic rings. The Morgan fingerprint density at radius 3 is 2.70 bits per heavy atom. The zero-order valence-corrected chi connectivity index (χ0v) is 13.2. The molecule has 2 rings (SSSR count). The molecular weight excluding hydrogens is 317 g/mol. The van der Waals surface area contributed by atoms with E-state index < -0.39 is 6.04 Å². The highest BCUT2D eigenvalue weighted by Crippen LogP contribution is 2.33. The third-order valence-electron chi connectivity index (χ3n) is 3.01. The maximum atomic E-state index is 12.1. The van der Waals surface area contributed by atoms with Crippen LogP contribution in [-0.4, -0.2) is 18.1 Å². The first-order chi connectivity index (χ1) is 9.43. The molecule has 4 nitrogen and oxygen atoms in total. The highest BCUT2D eigenvalue weighted by Gasteiger charge is 2.30. The molecule has 1 aliphatic rings. The number of hydrogen-bond donors (Lipinski definition) is 3. The van der Waals surface area contributed by atoms with Gasteiger partial charge in [-0.1, -0.05) is 29.3 Å². The van der Waals surface area contributed by atoms with Gasteiger partial charge in [-0.2, -0.15) is 0 Å². The zero-order chi connectivity index (χ0) is 14.9. The van der Waals surface area contributed by atoms with Crippen molar-refractivity contribution in [1.29, 1.82) is 0 Å². The van der Waals surface area contributed by atoms with Crippen molar-refractivity contribution in [2.24, 2.45) is 0 Å². The van der Waals surface area contributed by atoms with Crippen LogP contribution in [0, 0.1) is 0 Å². The van der Waals surface area contributed by atoms with Gasteiger partial charge >= 0.3 is 0 Å². The number of allylic oxidation sites excluding steroid dienone is 1. The summed E-state index contributed by atoms with van der Waals surface area (Å²) >= 11 is 17.3. The van der Waals surface area contributed by atoms with Gasteiger partial charge in [0.25, 0.3) is 5.91 Å². The molecule has 0 unspecified atom stereocenters. The number of benzene rings is 1. The molecule has 7 heteroatoms. The van der Waals surface area contributed by atoms with Crippen molar-refractivity contribution in [2.45, 2.75) is 13.0 Å². The summed E-state index contributed by atoms with van der Waals surface area (Å²) in [5.41, 5.74) is 1.99. The highest BCUT2D eigenvalue weighted by atomic mass is 35.5. The number of halogens is 2. The number of nitrogens with one attached hydrogen (secondary N) is 3. The number of amides is 1. The minimum Gasteiger partial charge on any atom is -0.355 e. The van der Waals surface area contributed by atoms with Gasteiger partial charge in [0.1, 0.15) is 0 Å². The lowest BCUT2D eigenvalue weighted by atomic mass is 9.95. The Bertz CT molecular complexity index is 616. The van der Waals surface area contributed by atoms with Gasteiger partial charge in [0, 0.05) is 22.8 Å². The molecule has 1 heterocycles. The van der Waals surface area contributed by atoms with Gasteiger partial charge in [-0.3, -0.25) is 4.79 Å². The van der Waals surface area contributed by atoms with Gasteiger partial charge in [0.2, 0.25) is 0 Å². The van der Waals surface area contributed by atoms with Gasteiger partial charge < -0.3 is 16.0 Å². The van der Waals surface area contributed by atoms with Crippen LogP contribution in [0.3, 0.4) is 0 Å². The van der Waals surface area contributed by atoms with Crippen molar-refractivity contribution in [1.82, 2.24) is 16.0 Å². The fourth-order valence-electron chi connectivity index (χ4n) is 2.10. The minimum atomic E-state index is -0.409. The molecule has 0 fully saturated rings. The third-order valence-corrected chi connectivity index (χ3v) is 3.80. The van der Waals surface area contributed by atoms with Crippen LogP contribution in [-0.2, 0) is 4.79 Å². The van der Waals surface area contributed by atoms with Gasteiger partial charge in [-0.05, 0) is 36.8 Å². The molecule has 106 valence electrons. The first-order valence-corrected chi connectivity index (χ1v) is 7.05. The van der Waals surface area contributed by atoms with Gasteiger partial charge in [0.05, 0.1) is 11.6 Å². The zero-order valence-electron chi connectivity index (χ0n) is 10.9. The van der Waals surface area contributed by atoms with Crippen LogP contribution >= 0.6 is 35.4 Å². The van der Waals surface area contributed by atoms with E-state index in [4.69, 9.17) is 35.4 Å². The van der Waals surface area contributed by atoms with Gasteiger partial charge in [-0.25, -0.2) is 0 Å². The van der Waals surface area contributed by atoms with E-state index in [0.717, 1.165) is 5.56 Å². The third kappa shape index (κ3) is 2.90. The maximum Gasteiger partial charge on any atom is 0.251 e. The van der Waals surface area contributed by atoms with E-state index in [1.165, 1.54) is 0 Å². The molecule has 0 saturated heterocycles. The fourth-order valence-corrected chi connectivity index (χ4v) is 2.89.